The van der Waals surface area contributed by atoms with Gasteiger partial charge in [-0.1, -0.05) is 0 Å². The van der Waals surface area contributed by atoms with Crippen molar-refractivity contribution in [3.63, 3.8) is 0 Å². The molecule has 1 rings (SSSR count). The molecule has 1 aromatic carbocycles. The smallest absolute Gasteiger partial charge is 0.323 e. The number of carbonyl (C=O) groups is 1. The van der Waals surface area contributed by atoms with Crippen LogP contribution in [0.15, 0.2) is 29.2 Å². The van der Waals surface area contributed by atoms with Gasteiger partial charge in [-0.2, -0.15) is 0 Å². The van der Waals surface area contributed by atoms with Crippen molar-refractivity contribution in [1.82, 2.24) is 5.09 Å². The van der Waals surface area contributed by atoms with Crippen molar-refractivity contribution in [3.05, 3.63) is 24.3 Å². The Kier molecular flexibility index (Phi) is 8.12. The highest BCUT2D eigenvalue weighted by Gasteiger charge is 2.29. The maximum atomic E-state index is 13.0. The van der Waals surface area contributed by atoms with Crippen LogP contribution in [0.4, 0.5) is 0 Å². The number of hydrogen-bond donors (Lipinski definition) is 1. The average Bonchev–Trinajstić information content (AvgIpc) is 2.47. The number of nitrogens with one attached hydrogen (secondary N) is 1. The van der Waals surface area contributed by atoms with E-state index >= 15 is 0 Å². The van der Waals surface area contributed by atoms with Gasteiger partial charge in [0.1, 0.15) is 18.1 Å². The highest BCUT2D eigenvalue weighted by Crippen LogP contribution is 2.58. The standard InChI is InChI=1S/C15H24NO5PS/c1-11(2)21-15(17)12(3)16-22(18,10-19-4)23-14-8-6-13(20-5)7-9-14/h6-9,11-12H,10H2,1-5H3,(H,16,18)/t12-,22?/m0/s1. The summed E-state index contributed by atoms with van der Waals surface area (Å²) in [5, 5.41) is 2.86. The average molecular weight is 361 g/mol. The van der Waals surface area contributed by atoms with Crippen molar-refractivity contribution in [2.24, 2.45) is 0 Å². The Morgan fingerprint density at radius 1 is 1.22 bits per heavy atom. The quantitative estimate of drug-likeness (QED) is 0.533. The molecule has 0 bridgehead atoms. The molecule has 0 fully saturated rings. The van der Waals surface area contributed by atoms with Crippen LogP contribution in [0.5, 0.6) is 5.75 Å². The van der Waals surface area contributed by atoms with Gasteiger partial charge in [-0.15, -0.1) is 0 Å². The SMILES string of the molecule is COCP(=O)(N[C@@H](C)C(=O)OC(C)C)Sc1ccc(OC)cc1. The van der Waals surface area contributed by atoms with Gasteiger partial charge < -0.3 is 14.2 Å². The lowest BCUT2D eigenvalue weighted by Crippen LogP contribution is -2.34. The summed E-state index contributed by atoms with van der Waals surface area (Å²) < 4.78 is 28.3. The van der Waals surface area contributed by atoms with Crippen LogP contribution in [0.3, 0.4) is 0 Å². The summed E-state index contributed by atoms with van der Waals surface area (Å²) in [6, 6.07) is 6.50. The van der Waals surface area contributed by atoms with E-state index in [2.05, 4.69) is 5.09 Å². The fourth-order valence-corrected chi connectivity index (χ4v) is 6.06. The molecule has 0 aliphatic carbocycles. The Morgan fingerprint density at radius 3 is 2.30 bits per heavy atom. The van der Waals surface area contributed by atoms with Crippen LogP contribution in [0.25, 0.3) is 0 Å². The molecule has 0 saturated heterocycles. The van der Waals surface area contributed by atoms with E-state index in [-0.39, 0.29) is 12.5 Å². The molecule has 1 unspecified atom stereocenters. The first-order valence-corrected chi connectivity index (χ1v) is 10.5. The number of benzene rings is 1. The van der Waals surface area contributed by atoms with Crippen molar-refractivity contribution in [2.45, 2.75) is 37.8 Å². The summed E-state index contributed by atoms with van der Waals surface area (Å²) in [5.41, 5.74) is 0. The molecule has 0 amide bonds. The molecule has 0 aliphatic heterocycles. The molecule has 0 aromatic heterocycles. The van der Waals surface area contributed by atoms with E-state index in [0.29, 0.717) is 0 Å². The van der Waals surface area contributed by atoms with Crippen molar-refractivity contribution in [2.75, 3.05) is 20.6 Å². The molecular weight excluding hydrogens is 337 g/mol. The summed E-state index contributed by atoms with van der Waals surface area (Å²) >= 11 is 1.16. The molecule has 8 heteroatoms. The van der Waals surface area contributed by atoms with Gasteiger partial charge in [0.15, 0.2) is 0 Å². The Labute approximate surface area is 141 Å². The zero-order valence-electron chi connectivity index (χ0n) is 14.1. The molecule has 0 aliphatic rings. The second-order valence-electron chi connectivity index (χ2n) is 5.19. The normalized spacial score (nSPS) is 15.0. The monoisotopic (exact) mass is 361 g/mol. The van der Waals surface area contributed by atoms with Crippen LogP contribution in [-0.4, -0.2) is 38.7 Å². The van der Waals surface area contributed by atoms with E-state index in [9.17, 15) is 9.36 Å². The fourth-order valence-electron chi connectivity index (χ4n) is 1.75. The zero-order chi connectivity index (χ0) is 17.5. The van der Waals surface area contributed by atoms with E-state index in [0.717, 1.165) is 22.0 Å². The van der Waals surface area contributed by atoms with Gasteiger partial charge in [0.25, 0.3) is 0 Å². The molecule has 23 heavy (non-hydrogen) atoms. The van der Waals surface area contributed by atoms with Gasteiger partial charge in [0, 0.05) is 12.0 Å². The van der Waals surface area contributed by atoms with Crippen LogP contribution in [0.1, 0.15) is 20.8 Å². The third-order valence-electron chi connectivity index (χ3n) is 2.71. The first kappa shape index (κ1) is 20.0. The lowest BCUT2D eigenvalue weighted by Gasteiger charge is -2.22. The van der Waals surface area contributed by atoms with Crippen LogP contribution in [0, 0.1) is 0 Å². The van der Waals surface area contributed by atoms with Crippen LogP contribution < -0.4 is 9.82 Å². The minimum absolute atomic E-state index is 0.00297. The lowest BCUT2D eigenvalue weighted by atomic mass is 10.3. The van der Waals surface area contributed by atoms with Crippen molar-refractivity contribution in [3.8, 4) is 5.75 Å². The molecule has 1 aromatic rings. The molecule has 2 atom stereocenters. The number of carbonyl (C=O) groups excluding carboxylic acids is 1. The van der Waals surface area contributed by atoms with Crippen molar-refractivity contribution >= 4 is 23.8 Å². The topological polar surface area (TPSA) is 73.9 Å². The van der Waals surface area contributed by atoms with E-state index in [1.165, 1.54) is 7.11 Å². The van der Waals surface area contributed by atoms with E-state index < -0.39 is 18.5 Å². The fraction of sp³-hybridized carbons (Fsp3) is 0.533. The van der Waals surface area contributed by atoms with Gasteiger partial charge >= 0.3 is 5.97 Å². The van der Waals surface area contributed by atoms with E-state index in [1.807, 2.05) is 12.1 Å². The van der Waals surface area contributed by atoms with Crippen LogP contribution in [0.2, 0.25) is 0 Å². The Hall–Kier alpha value is -1.01. The zero-order valence-corrected chi connectivity index (χ0v) is 15.8. The Balaban J connectivity index is 2.80. The van der Waals surface area contributed by atoms with Gasteiger partial charge in [0.2, 0.25) is 6.49 Å². The first-order chi connectivity index (χ1) is 10.8. The molecule has 0 radical (unpaired) electrons. The molecule has 0 heterocycles. The number of methoxy groups -OCH3 is 2. The molecule has 0 saturated carbocycles. The Bertz CT molecular complexity index is 549. The Morgan fingerprint density at radius 2 is 1.83 bits per heavy atom. The molecular formula is C15H24NO5PS. The van der Waals surface area contributed by atoms with E-state index in [1.54, 1.807) is 40.0 Å². The first-order valence-electron chi connectivity index (χ1n) is 7.19. The van der Waals surface area contributed by atoms with Crippen molar-refractivity contribution in [1.29, 1.82) is 0 Å². The van der Waals surface area contributed by atoms with Crippen molar-refractivity contribution < 1.29 is 23.6 Å². The highest BCUT2D eigenvalue weighted by atomic mass is 32.7. The maximum absolute atomic E-state index is 13.0. The second-order valence-corrected chi connectivity index (χ2v) is 10.0. The highest BCUT2D eigenvalue weighted by molar-refractivity contribution is 8.57. The number of ether oxygens (including phenoxy) is 3. The maximum Gasteiger partial charge on any atom is 0.323 e. The summed E-state index contributed by atoms with van der Waals surface area (Å²) in [7, 11) is 3.06. The van der Waals surface area contributed by atoms with Gasteiger partial charge in [-0.05, 0) is 56.4 Å². The van der Waals surface area contributed by atoms with Gasteiger partial charge in [-0.3, -0.25) is 9.36 Å². The largest absolute Gasteiger partial charge is 0.497 e. The number of esters is 1. The third kappa shape index (κ3) is 6.96. The van der Waals surface area contributed by atoms with Gasteiger partial charge in [0.05, 0.1) is 13.2 Å². The minimum atomic E-state index is -3.02. The third-order valence-corrected chi connectivity index (χ3v) is 7.01. The van der Waals surface area contributed by atoms with Crippen LogP contribution in [-0.2, 0) is 18.8 Å². The van der Waals surface area contributed by atoms with Gasteiger partial charge in [-0.25, -0.2) is 5.09 Å². The molecule has 1 N–H and O–H groups in total. The predicted molar refractivity (Wildman–Crippen MR) is 92.2 cm³/mol. The number of rotatable bonds is 9. The molecule has 0 spiro atoms. The lowest BCUT2D eigenvalue weighted by molar-refractivity contribution is -0.148. The second kappa shape index (κ2) is 9.33. The minimum Gasteiger partial charge on any atom is -0.497 e. The summed E-state index contributed by atoms with van der Waals surface area (Å²) in [5.74, 6) is 0.282. The number of hydrogen-bond acceptors (Lipinski definition) is 6. The summed E-state index contributed by atoms with van der Waals surface area (Å²) in [4.78, 5) is 12.7. The molecule has 130 valence electrons. The van der Waals surface area contributed by atoms with Crippen LogP contribution >= 0.6 is 17.9 Å². The molecule has 6 nitrogen and oxygen atoms in total. The summed E-state index contributed by atoms with van der Waals surface area (Å²) in [6.07, 6.45) is -0.217. The predicted octanol–water partition coefficient (Wildman–Crippen LogP) is 3.51. The van der Waals surface area contributed by atoms with E-state index in [4.69, 9.17) is 14.2 Å². The summed E-state index contributed by atoms with van der Waals surface area (Å²) in [6.45, 7) is 2.15.